The van der Waals surface area contributed by atoms with Gasteiger partial charge >= 0.3 is 0 Å². The third kappa shape index (κ3) is 2.17. The van der Waals surface area contributed by atoms with E-state index < -0.39 is 5.79 Å². The molecule has 3 saturated heterocycles. The van der Waals surface area contributed by atoms with Gasteiger partial charge in [-0.15, -0.1) is 0 Å². The van der Waals surface area contributed by atoms with Gasteiger partial charge in [0.05, 0.1) is 6.61 Å². The molecule has 0 unspecified atom stereocenters. The fraction of sp³-hybridized carbons (Fsp3) is 1.00. The van der Waals surface area contributed by atoms with Crippen LogP contribution in [0.1, 0.15) is 64.2 Å². The fourth-order valence-corrected chi connectivity index (χ4v) is 4.90. The zero-order valence-corrected chi connectivity index (χ0v) is 13.1. The second-order valence-corrected chi connectivity index (χ2v) is 7.58. The second kappa shape index (κ2) is 5.15. The third-order valence-corrected chi connectivity index (χ3v) is 6.01. The number of fused-ring (bicyclic) bond motifs is 3. The summed E-state index contributed by atoms with van der Waals surface area (Å²) in [6.45, 7) is 0.563. The lowest BCUT2D eigenvalue weighted by molar-refractivity contribution is -0.234. The molecule has 124 valence electrons. The smallest absolute Gasteiger partial charge is 0.189 e. The van der Waals surface area contributed by atoms with E-state index in [-0.39, 0.29) is 30.4 Å². The first-order chi connectivity index (χ1) is 10.8. The summed E-state index contributed by atoms with van der Waals surface area (Å²) in [4.78, 5) is 0. The van der Waals surface area contributed by atoms with Crippen LogP contribution >= 0.6 is 0 Å². The highest BCUT2D eigenvalue weighted by molar-refractivity contribution is 4.99. The molecule has 0 aromatic carbocycles. The molecule has 5 rings (SSSR count). The van der Waals surface area contributed by atoms with Crippen molar-refractivity contribution in [3.63, 3.8) is 0 Å². The van der Waals surface area contributed by atoms with Gasteiger partial charge in [-0.05, 0) is 25.7 Å². The molecule has 0 aromatic rings. The average Bonchev–Trinajstić information content (AvgIpc) is 3.07. The van der Waals surface area contributed by atoms with Crippen molar-refractivity contribution in [3.05, 3.63) is 0 Å². The van der Waals surface area contributed by atoms with Crippen LogP contribution in [0.4, 0.5) is 0 Å². The van der Waals surface area contributed by atoms with Crippen molar-refractivity contribution in [2.45, 2.75) is 100 Å². The second-order valence-electron chi connectivity index (χ2n) is 7.58. The first-order valence-corrected chi connectivity index (χ1v) is 9.11. The Morgan fingerprint density at radius 3 is 1.86 bits per heavy atom. The van der Waals surface area contributed by atoms with E-state index in [9.17, 15) is 0 Å². The Labute approximate surface area is 131 Å². The van der Waals surface area contributed by atoms with Crippen LogP contribution in [-0.4, -0.2) is 42.8 Å². The minimum Gasteiger partial charge on any atom is -0.347 e. The van der Waals surface area contributed by atoms with Crippen molar-refractivity contribution in [2.75, 3.05) is 6.61 Å². The van der Waals surface area contributed by atoms with Gasteiger partial charge in [-0.3, -0.25) is 0 Å². The number of rotatable bonds is 0. The molecule has 2 aliphatic carbocycles. The summed E-state index contributed by atoms with van der Waals surface area (Å²) in [5, 5.41) is 0. The molecule has 5 nitrogen and oxygen atoms in total. The van der Waals surface area contributed by atoms with E-state index in [0.29, 0.717) is 6.61 Å². The zero-order chi connectivity index (χ0) is 14.6. The first-order valence-electron chi connectivity index (χ1n) is 9.11. The van der Waals surface area contributed by atoms with E-state index in [1.54, 1.807) is 0 Å². The summed E-state index contributed by atoms with van der Waals surface area (Å²) in [6.07, 6.45) is 10.8. The normalized spacial score (nSPS) is 45.8. The SMILES string of the molecule is C1CCC2(CC1)O[C@H]1OC[C@@H]3OC4(CCCCC4)O[C@@H]3[C@H]1O2. The van der Waals surface area contributed by atoms with Gasteiger partial charge in [-0.1, -0.05) is 12.8 Å². The largest absolute Gasteiger partial charge is 0.347 e. The van der Waals surface area contributed by atoms with Crippen molar-refractivity contribution in [1.82, 2.24) is 0 Å². The van der Waals surface area contributed by atoms with Gasteiger partial charge in [0.15, 0.2) is 17.9 Å². The standard InChI is InChI=1S/C17H26O5/c1-3-7-16(8-4-1)19-12-11-18-15-14(13(12)20-16)21-17(22-15)9-5-2-6-10-17/h12-15H,1-11H2/t12-,13-,14+,15+/m0/s1. The average molecular weight is 310 g/mol. The van der Waals surface area contributed by atoms with Crippen LogP contribution in [0.2, 0.25) is 0 Å². The van der Waals surface area contributed by atoms with Gasteiger partial charge in [0, 0.05) is 25.7 Å². The van der Waals surface area contributed by atoms with Crippen LogP contribution in [0, 0.1) is 0 Å². The van der Waals surface area contributed by atoms with Crippen molar-refractivity contribution < 1.29 is 23.7 Å². The van der Waals surface area contributed by atoms with Crippen LogP contribution in [-0.2, 0) is 23.7 Å². The lowest BCUT2D eigenvalue weighted by atomic mass is 9.94. The monoisotopic (exact) mass is 310 g/mol. The summed E-state index contributed by atoms with van der Waals surface area (Å²) in [6, 6.07) is 0. The molecule has 2 spiro atoms. The van der Waals surface area contributed by atoms with E-state index in [1.165, 1.54) is 38.5 Å². The fourth-order valence-electron chi connectivity index (χ4n) is 4.90. The molecule has 4 atom stereocenters. The number of ether oxygens (including phenoxy) is 5. The Morgan fingerprint density at radius 2 is 1.18 bits per heavy atom. The van der Waals surface area contributed by atoms with Crippen LogP contribution in [0.15, 0.2) is 0 Å². The van der Waals surface area contributed by atoms with Gasteiger partial charge in [-0.25, -0.2) is 0 Å². The molecule has 0 radical (unpaired) electrons. The minimum absolute atomic E-state index is 0.00157. The molecule has 0 aromatic heterocycles. The predicted molar refractivity (Wildman–Crippen MR) is 77.1 cm³/mol. The van der Waals surface area contributed by atoms with E-state index in [2.05, 4.69) is 0 Å². The maximum Gasteiger partial charge on any atom is 0.189 e. The Kier molecular flexibility index (Phi) is 3.32. The van der Waals surface area contributed by atoms with Crippen LogP contribution in [0.3, 0.4) is 0 Å². The molecule has 0 N–H and O–H groups in total. The van der Waals surface area contributed by atoms with E-state index in [1.807, 2.05) is 0 Å². The molecule has 5 aliphatic rings. The molecule has 5 fully saturated rings. The zero-order valence-electron chi connectivity index (χ0n) is 13.1. The Hall–Kier alpha value is -0.200. The molecule has 2 saturated carbocycles. The van der Waals surface area contributed by atoms with Gasteiger partial charge < -0.3 is 23.7 Å². The first kappa shape index (κ1) is 14.2. The van der Waals surface area contributed by atoms with Crippen molar-refractivity contribution in [2.24, 2.45) is 0 Å². The van der Waals surface area contributed by atoms with Crippen LogP contribution < -0.4 is 0 Å². The molecule has 0 bridgehead atoms. The Morgan fingerprint density at radius 1 is 0.591 bits per heavy atom. The Bertz CT molecular complexity index is 387. The summed E-state index contributed by atoms with van der Waals surface area (Å²) < 4.78 is 31.2. The summed E-state index contributed by atoms with van der Waals surface area (Å²) in [5.74, 6) is -0.800. The molecule has 5 heteroatoms. The van der Waals surface area contributed by atoms with E-state index in [4.69, 9.17) is 23.7 Å². The molecule has 0 amide bonds. The lowest BCUT2D eigenvalue weighted by Crippen LogP contribution is -2.50. The highest BCUT2D eigenvalue weighted by atomic mass is 16.9. The van der Waals surface area contributed by atoms with Gasteiger partial charge in [0.1, 0.15) is 18.3 Å². The molecular formula is C17H26O5. The quantitative estimate of drug-likeness (QED) is 0.688. The highest BCUT2D eigenvalue weighted by Gasteiger charge is 2.61. The maximum absolute atomic E-state index is 6.43. The minimum atomic E-state index is -0.422. The highest BCUT2D eigenvalue weighted by Crippen LogP contribution is 2.49. The van der Waals surface area contributed by atoms with Crippen molar-refractivity contribution in [1.29, 1.82) is 0 Å². The Balaban J connectivity index is 1.35. The van der Waals surface area contributed by atoms with Crippen molar-refractivity contribution >= 4 is 0 Å². The van der Waals surface area contributed by atoms with Crippen molar-refractivity contribution in [3.8, 4) is 0 Å². The summed E-state index contributed by atoms with van der Waals surface area (Å²) in [5.41, 5.74) is 0. The number of hydrogen-bond acceptors (Lipinski definition) is 5. The predicted octanol–water partition coefficient (Wildman–Crippen LogP) is 2.86. The topological polar surface area (TPSA) is 46.2 Å². The molecular weight excluding hydrogens is 284 g/mol. The molecule has 3 heterocycles. The molecule has 22 heavy (non-hydrogen) atoms. The lowest BCUT2D eigenvalue weighted by Gasteiger charge is -2.33. The van der Waals surface area contributed by atoms with Gasteiger partial charge in [0.2, 0.25) is 0 Å². The molecule has 3 aliphatic heterocycles. The van der Waals surface area contributed by atoms with Crippen LogP contribution in [0.25, 0.3) is 0 Å². The maximum atomic E-state index is 6.43. The van der Waals surface area contributed by atoms with E-state index >= 15 is 0 Å². The third-order valence-electron chi connectivity index (χ3n) is 6.01. The van der Waals surface area contributed by atoms with Gasteiger partial charge in [-0.2, -0.15) is 0 Å². The van der Waals surface area contributed by atoms with Gasteiger partial charge in [0.25, 0.3) is 0 Å². The van der Waals surface area contributed by atoms with Crippen LogP contribution in [0.5, 0.6) is 0 Å². The number of hydrogen-bond donors (Lipinski definition) is 0. The summed E-state index contributed by atoms with van der Waals surface area (Å²) in [7, 11) is 0. The summed E-state index contributed by atoms with van der Waals surface area (Å²) >= 11 is 0. The van der Waals surface area contributed by atoms with E-state index in [0.717, 1.165) is 25.7 Å².